The maximum Gasteiger partial charge on any atom is 0.257 e. The number of aryl methyl sites for hydroxylation is 1. The summed E-state index contributed by atoms with van der Waals surface area (Å²) in [5, 5.41) is 15.4. The second-order valence-corrected chi connectivity index (χ2v) is 9.95. The molecule has 0 radical (unpaired) electrons. The summed E-state index contributed by atoms with van der Waals surface area (Å²) in [7, 11) is 0. The van der Waals surface area contributed by atoms with Gasteiger partial charge in [-0.1, -0.05) is 30.3 Å². The second kappa shape index (κ2) is 12.6. The molecule has 41 heavy (non-hydrogen) atoms. The van der Waals surface area contributed by atoms with Crippen LogP contribution in [0.1, 0.15) is 35.3 Å². The van der Waals surface area contributed by atoms with Crippen molar-refractivity contribution in [3.8, 4) is 11.4 Å². The highest BCUT2D eigenvalue weighted by Gasteiger charge is 2.13. The molecule has 5 aromatic rings. The molecule has 9 heteroatoms. The summed E-state index contributed by atoms with van der Waals surface area (Å²) in [6.45, 7) is 8.61. The van der Waals surface area contributed by atoms with Gasteiger partial charge >= 0.3 is 0 Å². The molecule has 0 saturated carbocycles. The molecule has 0 atom stereocenters. The zero-order valence-corrected chi connectivity index (χ0v) is 24.1. The highest BCUT2D eigenvalue weighted by atomic mass is 32.1. The summed E-state index contributed by atoms with van der Waals surface area (Å²) in [5.74, 6) is 0.373. The first-order chi connectivity index (χ1) is 19.9. The Kier molecular flexibility index (Phi) is 8.55. The molecule has 5 rings (SSSR count). The molecule has 1 heterocycles. The number of carbonyl (C=O) groups excluding carboxylic acids is 1. The van der Waals surface area contributed by atoms with Crippen LogP contribution in [0.5, 0.6) is 5.75 Å². The number of amides is 1. The summed E-state index contributed by atoms with van der Waals surface area (Å²) < 4.78 is 5.80. The monoisotopic (exact) mass is 564 g/mol. The number of rotatable bonds is 9. The van der Waals surface area contributed by atoms with Gasteiger partial charge in [0.15, 0.2) is 5.11 Å². The Balaban J connectivity index is 1.21. The molecule has 0 aliphatic heterocycles. The van der Waals surface area contributed by atoms with Crippen LogP contribution in [0.15, 0.2) is 91.0 Å². The number of benzene rings is 4. The van der Waals surface area contributed by atoms with E-state index in [-0.39, 0.29) is 11.0 Å². The third-order valence-electron chi connectivity index (χ3n) is 6.78. The normalized spacial score (nSPS) is 10.8. The minimum Gasteiger partial charge on any atom is -0.489 e. The van der Waals surface area contributed by atoms with Crippen molar-refractivity contribution in [2.45, 2.75) is 27.4 Å². The zero-order valence-electron chi connectivity index (χ0n) is 23.3. The second-order valence-electron chi connectivity index (χ2n) is 9.54. The molecule has 1 aromatic heterocycles. The maximum absolute atomic E-state index is 12.8. The van der Waals surface area contributed by atoms with Gasteiger partial charge in [-0.2, -0.15) is 4.80 Å². The van der Waals surface area contributed by atoms with Gasteiger partial charge in [-0.25, -0.2) is 0 Å². The van der Waals surface area contributed by atoms with E-state index in [1.165, 1.54) is 5.69 Å². The molecule has 0 aliphatic rings. The molecule has 0 unspecified atom stereocenters. The van der Waals surface area contributed by atoms with E-state index < -0.39 is 0 Å². The first-order valence-electron chi connectivity index (χ1n) is 13.6. The standard InChI is InChI=1S/C32H32N6O2S/c1-4-37(5-2)25-13-15-26(16-14-25)38-35-29-19-22(3)28(20-30(29)36-38)33-32(41)34-31(39)24-11-17-27(18-12-24)40-21-23-9-7-6-8-10-23/h6-20H,4-5,21H2,1-3H3,(H2,33,34,39,41). The number of nitrogens with one attached hydrogen (secondary N) is 2. The number of carbonyl (C=O) groups is 1. The molecule has 208 valence electrons. The van der Waals surface area contributed by atoms with E-state index in [0.717, 1.165) is 41.1 Å². The molecular formula is C32H32N6O2S. The van der Waals surface area contributed by atoms with Crippen molar-refractivity contribution in [2.75, 3.05) is 23.3 Å². The summed E-state index contributed by atoms with van der Waals surface area (Å²) in [4.78, 5) is 16.7. The Morgan fingerprint density at radius 1 is 0.902 bits per heavy atom. The van der Waals surface area contributed by atoms with Crippen molar-refractivity contribution in [2.24, 2.45) is 0 Å². The van der Waals surface area contributed by atoms with E-state index in [4.69, 9.17) is 17.0 Å². The van der Waals surface area contributed by atoms with Crippen molar-refractivity contribution in [1.29, 1.82) is 0 Å². The van der Waals surface area contributed by atoms with Gasteiger partial charge in [-0.15, -0.1) is 10.2 Å². The minimum atomic E-state index is -0.310. The van der Waals surface area contributed by atoms with Crippen molar-refractivity contribution < 1.29 is 9.53 Å². The number of thiocarbonyl (C=S) groups is 1. The Morgan fingerprint density at radius 2 is 1.56 bits per heavy atom. The lowest BCUT2D eigenvalue weighted by atomic mass is 10.2. The lowest BCUT2D eigenvalue weighted by molar-refractivity contribution is 0.0977. The van der Waals surface area contributed by atoms with E-state index in [0.29, 0.717) is 23.4 Å². The maximum atomic E-state index is 12.8. The van der Waals surface area contributed by atoms with Crippen LogP contribution < -0.4 is 20.3 Å². The molecule has 4 aromatic carbocycles. The Labute approximate surface area is 244 Å². The molecule has 0 saturated heterocycles. The quantitative estimate of drug-likeness (QED) is 0.204. The average molecular weight is 565 g/mol. The summed E-state index contributed by atoms with van der Waals surface area (Å²) in [5.41, 5.74) is 6.75. The van der Waals surface area contributed by atoms with Crippen LogP contribution in [-0.4, -0.2) is 39.1 Å². The highest BCUT2D eigenvalue weighted by molar-refractivity contribution is 7.80. The van der Waals surface area contributed by atoms with Crippen LogP contribution in [0.3, 0.4) is 0 Å². The van der Waals surface area contributed by atoms with E-state index in [9.17, 15) is 4.79 Å². The van der Waals surface area contributed by atoms with Gasteiger partial charge in [0.05, 0.1) is 5.69 Å². The van der Waals surface area contributed by atoms with E-state index in [1.807, 2.05) is 61.5 Å². The van der Waals surface area contributed by atoms with Gasteiger partial charge in [0.1, 0.15) is 23.4 Å². The number of nitrogens with zero attached hydrogens (tertiary/aromatic N) is 4. The van der Waals surface area contributed by atoms with Crippen LogP contribution in [0.4, 0.5) is 11.4 Å². The fraction of sp³-hybridized carbons (Fsp3) is 0.188. The molecule has 0 fully saturated rings. The number of fused-ring (bicyclic) bond motifs is 1. The smallest absolute Gasteiger partial charge is 0.257 e. The molecule has 2 N–H and O–H groups in total. The average Bonchev–Trinajstić information content (AvgIpc) is 3.40. The molecule has 8 nitrogen and oxygen atoms in total. The van der Waals surface area contributed by atoms with Crippen LogP contribution in [-0.2, 0) is 6.61 Å². The molecule has 0 spiro atoms. The Hall–Kier alpha value is -4.76. The zero-order chi connectivity index (χ0) is 28.8. The predicted molar refractivity (Wildman–Crippen MR) is 168 cm³/mol. The van der Waals surface area contributed by atoms with Crippen molar-refractivity contribution in [1.82, 2.24) is 20.3 Å². The van der Waals surface area contributed by atoms with Gasteiger partial charge in [0.25, 0.3) is 5.91 Å². The van der Waals surface area contributed by atoms with Gasteiger partial charge < -0.3 is 15.0 Å². The lowest BCUT2D eigenvalue weighted by Gasteiger charge is -2.20. The first-order valence-corrected chi connectivity index (χ1v) is 14.0. The number of hydrogen-bond acceptors (Lipinski definition) is 6. The largest absolute Gasteiger partial charge is 0.489 e. The third kappa shape index (κ3) is 6.70. The molecule has 0 aliphatic carbocycles. The van der Waals surface area contributed by atoms with E-state index in [2.05, 4.69) is 51.7 Å². The molecule has 1 amide bonds. The Bertz CT molecular complexity index is 1650. The summed E-state index contributed by atoms with van der Waals surface area (Å²) >= 11 is 5.44. The fourth-order valence-corrected chi connectivity index (χ4v) is 4.68. The van der Waals surface area contributed by atoms with Crippen LogP contribution in [0.25, 0.3) is 16.7 Å². The number of ether oxygens (including phenoxy) is 1. The summed E-state index contributed by atoms with van der Waals surface area (Å²) in [6.07, 6.45) is 0. The highest BCUT2D eigenvalue weighted by Crippen LogP contribution is 2.23. The number of aromatic nitrogens is 3. The van der Waals surface area contributed by atoms with Crippen molar-refractivity contribution in [3.63, 3.8) is 0 Å². The topological polar surface area (TPSA) is 84.3 Å². The van der Waals surface area contributed by atoms with Crippen LogP contribution in [0, 0.1) is 6.92 Å². The van der Waals surface area contributed by atoms with Gasteiger partial charge in [0.2, 0.25) is 0 Å². The predicted octanol–water partition coefficient (Wildman–Crippen LogP) is 6.28. The molecular weight excluding hydrogens is 532 g/mol. The minimum absolute atomic E-state index is 0.196. The summed E-state index contributed by atoms with van der Waals surface area (Å²) in [6, 6.07) is 28.9. The number of hydrogen-bond donors (Lipinski definition) is 2. The van der Waals surface area contributed by atoms with Crippen molar-refractivity contribution >= 4 is 45.6 Å². The van der Waals surface area contributed by atoms with Crippen LogP contribution in [0.2, 0.25) is 0 Å². The van der Waals surface area contributed by atoms with Crippen LogP contribution >= 0.6 is 12.2 Å². The third-order valence-corrected chi connectivity index (χ3v) is 6.98. The van der Waals surface area contributed by atoms with Gasteiger partial charge in [-0.05, 0) is 105 Å². The fourth-order valence-electron chi connectivity index (χ4n) is 4.48. The van der Waals surface area contributed by atoms with E-state index in [1.54, 1.807) is 29.1 Å². The van der Waals surface area contributed by atoms with Crippen molar-refractivity contribution in [3.05, 3.63) is 108 Å². The SMILES string of the molecule is CCN(CC)c1ccc(-n2nc3cc(C)c(NC(=S)NC(=O)c4ccc(OCc5ccccc5)cc4)cc3n2)cc1. The Morgan fingerprint density at radius 3 is 2.22 bits per heavy atom. The first kappa shape index (κ1) is 27.8. The van der Waals surface area contributed by atoms with Gasteiger partial charge in [0, 0.05) is 30.0 Å². The lowest BCUT2D eigenvalue weighted by Crippen LogP contribution is -2.34. The van der Waals surface area contributed by atoms with E-state index >= 15 is 0 Å². The number of anilines is 2. The van der Waals surface area contributed by atoms with Gasteiger partial charge in [-0.3, -0.25) is 10.1 Å². The molecule has 0 bridgehead atoms.